The molecule has 1 aliphatic rings. The standard InChI is InChI=1S/C48H62F6N4O7S2Si/c1-32(2)41(25-26-57(6)29-30-65-68(7,8)46(3,4)5)55-42-22-21-38(31-43(42)66(61,62)48(52,53)54)67(63,64)56-45(60)35-15-19-37(20-16-35)58-27-23-34(24-28-58)44(59)40-12-10-9-11-39(40)33-13-17-36(18-14-33)47(49,50)51/h9-22,31-32,34,41,44,55,59H,23-30H2,1-8H3,(H,56,60)/t41-,44-/m1/s1. The highest BCUT2D eigenvalue weighted by Crippen LogP contribution is 2.40. The maximum absolute atomic E-state index is 14.1. The number of likely N-dealkylation sites (N-methyl/N-ethyl adjacent to an activating group) is 1. The first kappa shape index (κ1) is 54.5. The van der Waals surface area contributed by atoms with E-state index in [1.54, 1.807) is 36.4 Å². The zero-order chi connectivity index (χ0) is 50.6. The number of hydrogen-bond acceptors (Lipinski definition) is 10. The van der Waals surface area contributed by atoms with Crippen molar-refractivity contribution in [1.29, 1.82) is 0 Å². The first-order chi connectivity index (χ1) is 31.4. The smallest absolute Gasteiger partial charge is 0.416 e. The van der Waals surface area contributed by atoms with E-state index in [0.29, 0.717) is 80.5 Å². The molecule has 3 N–H and O–H groups in total. The molecule has 1 aliphatic heterocycles. The van der Waals surface area contributed by atoms with Crippen molar-refractivity contribution in [1.82, 2.24) is 9.62 Å². The number of hydrogen-bond donors (Lipinski definition) is 3. The van der Waals surface area contributed by atoms with Crippen molar-refractivity contribution in [2.75, 3.05) is 50.1 Å². The fourth-order valence-electron chi connectivity index (χ4n) is 7.70. The lowest BCUT2D eigenvalue weighted by Crippen LogP contribution is -2.42. The zero-order valence-corrected chi connectivity index (χ0v) is 42.1. The second-order valence-corrected chi connectivity index (χ2v) is 27.6. The Labute approximate surface area is 397 Å². The molecule has 5 rings (SSSR count). The predicted octanol–water partition coefficient (Wildman–Crippen LogP) is 10.5. The van der Waals surface area contributed by atoms with Gasteiger partial charge < -0.3 is 24.6 Å². The lowest BCUT2D eigenvalue weighted by Gasteiger charge is -2.36. The van der Waals surface area contributed by atoms with Crippen molar-refractivity contribution in [3.63, 3.8) is 0 Å². The van der Waals surface area contributed by atoms with E-state index in [1.807, 2.05) is 35.4 Å². The summed E-state index contributed by atoms with van der Waals surface area (Å²) >= 11 is 0. The third-order valence-corrected chi connectivity index (χ3v) is 20.5. The second kappa shape index (κ2) is 21.3. The molecule has 1 amide bonds. The normalized spacial score (nSPS) is 15.7. The Kier molecular flexibility index (Phi) is 17.0. The van der Waals surface area contributed by atoms with Crippen LogP contribution >= 0.6 is 0 Å². The average molecular weight is 1010 g/mol. The number of nitrogens with one attached hydrogen (secondary N) is 2. The third kappa shape index (κ3) is 13.2. The highest BCUT2D eigenvalue weighted by molar-refractivity contribution is 7.92. The van der Waals surface area contributed by atoms with Crippen LogP contribution in [0.2, 0.25) is 18.1 Å². The van der Waals surface area contributed by atoms with Crippen molar-refractivity contribution < 1.29 is 57.5 Å². The summed E-state index contributed by atoms with van der Waals surface area (Å²) in [5.41, 5.74) is -4.64. The Bertz CT molecular complexity index is 2580. The lowest BCUT2D eigenvalue weighted by molar-refractivity contribution is -0.137. The van der Waals surface area contributed by atoms with E-state index in [2.05, 4.69) is 39.2 Å². The Morgan fingerprint density at radius 3 is 2.03 bits per heavy atom. The molecule has 0 aromatic heterocycles. The minimum atomic E-state index is -6.08. The quantitative estimate of drug-likeness (QED) is 0.0651. The van der Waals surface area contributed by atoms with E-state index >= 15 is 0 Å². The monoisotopic (exact) mass is 1010 g/mol. The number of amides is 1. The molecular weight excluding hydrogens is 951 g/mol. The molecule has 0 spiro atoms. The number of sulfone groups is 1. The molecule has 1 saturated heterocycles. The SMILES string of the molecule is CC(C)[C@@H](CCN(C)CCO[Si](C)(C)C(C)(C)C)Nc1ccc(S(=O)(=O)NC(=O)c2ccc(N3CCC([C@@H](O)c4ccccc4-c4ccc(C(F)(F)F)cc4)CC3)cc2)cc1S(=O)(=O)C(F)(F)F. The molecule has 1 heterocycles. The third-order valence-electron chi connectivity index (χ3n) is 13.1. The molecule has 4 aromatic carbocycles. The minimum Gasteiger partial charge on any atom is -0.416 e. The van der Waals surface area contributed by atoms with Gasteiger partial charge in [0.2, 0.25) is 0 Å². The molecule has 20 heteroatoms. The van der Waals surface area contributed by atoms with Gasteiger partial charge in [0.25, 0.3) is 25.8 Å². The van der Waals surface area contributed by atoms with Gasteiger partial charge in [0.05, 0.1) is 22.3 Å². The van der Waals surface area contributed by atoms with Gasteiger partial charge in [0.1, 0.15) is 4.90 Å². The first-order valence-corrected chi connectivity index (χ1v) is 28.2. The van der Waals surface area contributed by atoms with E-state index in [0.717, 1.165) is 24.3 Å². The molecule has 0 radical (unpaired) electrons. The first-order valence-electron chi connectivity index (χ1n) is 22.3. The summed E-state index contributed by atoms with van der Waals surface area (Å²) < 4.78 is 143. The van der Waals surface area contributed by atoms with Gasteiger partial charge in [0, 0.05) is 43.5 Å². The molecule has 0 aliphatic carbocycles. The van der Waals surface area contributed by atoms with Crippen molar-refractivity contribution in [2.45, 2.75) is 106 Å². The van der Waals surface area contributed by atoms with Crippen LogP contribution in [0.5, 0.6) is 0 Å². The van der Waals surface area contributed by atoms with Gasteiger partial charge in [-0.2, -0.15) is 26.3 Å². The topological polar surface area (TPSA) is 145 Å². The highest BCUT2D eigenvalue weighted by atomic mass is 32.2. The van der Waals surface area contributed by atoms with Gasteiger partial charge in [-0.1, -0.05) is 71.0 Å². The number of sulfonamides is 1. The lowest BCUT2D eigenvalue weighted by atomic mass is 9.84. The van der Waals surface area contributed by atoms with Gasteiger partial charge in [-0.3, -0.25) is 4.79 Å². The Balaban J connectivity index is 1.24. The van der Waals surface area contributed by atoms with E-state index in [9.17, 15) is 53.1 Å². The number of carbonyl (C=O) groups excluding carboxylic acids is 1. The van der Waals surface area contributed by atoms with Crippen molar-refractivity contribution >= 4 is 45.5 Å². The Morgan fingerprint density at radius 1 is 0.868 bits per heavy atom. The molecule has 2 atom stereocenters. The van der Waals surface area contributed by atoms with E-state index in [4.69, 9.17) is 4.43 Å². The van der Waals surface area contributed by atoms with E-state index < -0.39 is 79.0 Å². The summed E-state index contributed by atoms with van der Waals surface area (Å²) in [4.78, 5) is 15.1. The summed E-state index contributed by atoms with van der Waals surface area (Å²) in [5.74, 6) is -1.46. The van der Waals surface area contributed by atoms with Gasteiger partial charge in [0.15, 0.2) is 8.32 Å². The van der Waals surface area contributed by atoms with Crippen LogP contribution in [0.3, 0.4) is 0 Å². The number of nitrogens with zero attached hydrogens (tertiary/aromatic N) is 2. The summed E-state index contributed by atoms with van der Waals surface area (Å²) in [5, 5.41) is 14.4. The van der Waals surface area contributed by atoms with Crippen molar-refractivity contribution in [3.8, 4) is 11.1 Å². The van der Waals surface area contributed by atoms with Gasteiger partial charge in [-0.25, -0.2) is 21.6 Å². The van der Waals surface area contributed by atoms with Crippen LogP contribution in [0.15, 0.2) is 101 Å². The molecule has 68 heavy (non-hydrogen) atoms. The Hall–Kier alpha value is -4.47. The number of aliphatic hydroxyl groups excluding tert-OH is 1. The van der Waals surface area contributed by atoms with Crippen LogP contribution in [0.25, 0.3) is 11.1 Å². The van der Waals surface area contributed by atoms with Crippen LogP contribution in [-0.2, 0) is 30.5 Å². The Morgan fingerprint density at radius 2 is 1.47 bits per heavy atom. The molecule has 0 unspecified atom stereocenters. The van der Waals surface area contributed by atoms with Crippen molar-refractivity contribution in [2.24, 2.45) is 11.8 Å². The van der Waals surface area contributed by atoms with Crippen LogP contribution in [0.4, 0.5) is 37.7 Å². The van der Waals surface area contributed by atoms with Gasteiger partial charge in [-0.15, -0.1) is 0 Å². The predicted molar refractivity (Wildman–Crippen MR) is 255 cm³/mol. The van der Waals surface area contributed by atoms with E-state index in [-0.39, 0.29) is 22.4 Å². The van der Waals surface area contributed by atoms with Gasteiger partial charge >= 0.3 is 11.7 Å². The highest BCUT2D eigenvalue weighted by Gasteiger charge is 2.48. The number of carbonyl (C=O) groups is 1. The number of piperidine rings is 1. The molecule has 1 fully saturated rings. The number of aliphatic hydroxyl groups is 1. The van der Waals surface area contributed by atoms with E-state index in [1.165, 1.54) is 24.3 Å². The number of rotatable bonds is 18. The fraction of sp³-hybridized carbons (Fsp3) is 0.479. The van der Waals surface area contributed by atoms with Crippen LogP contribution in [0, 0.1) is 11.8 Å². The fourth-order valence-corrected chi connectivity index (χ4v) is 10.8. The summed E-state index contributed by atoms with van der Waals surface area (Å²) in [7, 11) is -11.1. The summed E-state index contributed by atoms with van der Waals surface area (Å²) in [6.45, 7) is 16.9. The summed E-state index contributed by atoms with van der Waals surface area (Å²) in [6.07, 6.45) is -3.88. The van der Waals surface area contributed by atoms with Gasteiger partial charge in [-0.05, 0) is 134 Å². The second-order valence-electron chi connectivity index (χ2n) is 19.2. The largest absolute Gasteiger partial charge is 0.501 e. The van der Waals surface area contributed by atoms with Crippen LogP contribution in [-0.4, -0.2) is 92.5 Å². The summed E-state index contributed by atoms with van der Waals surface area (Å²) in [6, 6.07) is 19.5. The number of halogens is 6. The number of alkyl halides is 6. The molecule has 374 valence electrons. The number of anilines is 2. The number of benzene rings is 4. The van der Waals surface area contributed by atoms with Crippen molar-refractivity contribution in [3.05, 3.63) is 108 Å². The molecule has 0 bridgehead atoms. The maximum atomic E-state index is 14.1. The minimum absolute atomic E-state index is 0.0288. The molecule has 11 nitrogen and oxygen atoms in total. The molecular formula is C48H62F6N4O7S2Si. The zero-order valence-electron chi connectivity index (χ0n) is 39.5. The maximum Gasteiger partial charge on any atom is 0.501 e. The van der Waals surface area contributed by atoms with Crippen LogP contribution in [0.1, 0.15) is 81.5 Å². The average Bonchev–Trinajstić information content (AvgIpc) is 3.26. The molecule has 0 saturated carbocycles. The van der Waals surface area contributed by atoms with Crippen LogP contribution < -0.4 is 14.9 Å². The molecule has 4 aromatic rings.